The Labute approximate surface area is 176 Å². The Morgan fingerprint density at radius 2 is 1.88 bits per heavy atom. The van der Waals surface area contributed by atoms with Gasteiger partial charge in [0.2, 0.25) is 0 Å². The van der Waals surface area contributed by atoms with Crippen molar-refractivity contribution in [1.82, 2.24) is 10.6 Å². The highest BCUT2D eigenvalue weighted by molar-refractivity contribution is 14.0. The molecule has 0 aliphatic carbocycles. The lowest BCUT2D eigenvalue weighted by molar-refractivity contribution is 0.211. The summed E-state index contributed by atoms with van der Waals surface area (Å²) in [5.74, 6) is 0.897. The molecule has 0 amide bonds. The van der Waals surface area contributed by atoms with Gasteiger partial charge in [-0.1, -0.05) is 38.3 Å². The Hall–Kier alpha value is -1.02. The van der Waals surface area contributed by atoms with Crippen LogP contribution in [-0.4, -0.2) is 38.8 Å². The van der Waals surface area contributed by atoms with Crippen LogP contribution in [-0.2, 0) is 11.3 Å². The smallest absolute Gasteiger partial charge is 0.191 e. The molecule has 150 valence electrons. The predicted octanol–water partition coefficient (Wildman–Crippen LogP) is 4.39. The van der Waals surface area contributed by atoms with E-state index in [0.717, 1.165) is 24.7 Å². The fourth-order valence-electron chi connectivity index (χ4n) is 2.52. The summed E-state index contributed by atoms with van der Waals surface area (Å²) in [6.45, 7) is 9.63. The topological polar surface area (TPSA) is 57.7 Å². The average molecular weight is 476 g/mol. The first kappa shape index (κ1) is 25.0. The standard InChI is InChI=1S/C20H36N4O.HI/c1-5-7-8-9-17(3)24-20(21-6-2)23-16-18-10-12-19(13-11-18)22-14-15-25-4;/h10-13,17,22H,5-9,14-16H2,1-4H3,(H2,21,23,24);1H. The van der Waals surface area contributed by atoms with Crippen molar-refractivity contribution in [3.05, 3.63) is 29.8 Å². The minimum Gasteiger partial charge on any atom is -0.383 e. The molecule has 0 aliphatic rings. The second-order valence-electron chi connectivity index (χ2n) is 6.35. The van der Waals surface area contributed by atoms with Crippen molar-refractivity contribution in [3.8, 4) is 0 Å². The fourth-order valence-corrected chi connectivity index (χ4v) is 2.52. The Bertz CT molecular complexity index is 479. The summed E-state index contributed by atoms with van der Waals surface area (Å²) in [4.78, 5) is 4.71. The number of methoxy groups -OCH3 is 1. The highest BCUT2D eigenvalue weighted by Gasteiger charge is 2.04. The molecular weight excluding hydrogens is 439 g/mol. The molecule has 1 aromatic carbocycles. The zero-order chi connectivity index (χ0) is 18.3. The molecule has 1 aromatic rings. The predicted molar refractivity (Wildman–Crippen MR) is 124 cm³/mol. The second kappa shape index (κ2) is 16.2. The second-order valence-corrected chi connectivity index (χ2v) is 6.35. The summed E-state index contributed by atoms with van der Waals surface area (Å²) in [5, 5.41) is 10.2. The van der Waals surface area contributed by atoms with Crippen LogP contribution in [0.3, 0.4) is 0 Å². The van der Waals surface area contributed by atoms with Crippen LogP contribution in [0.15, 0.2) is 29.3 Å². The molecule has 1 atom stereocenters. The van der Waals surface area contributed by atoms with Crippen LogP contribution in [0.4, 0.5) is 5.69 Å². The SMILES string of the molecule is CCCCCC(C)NC(=NCc1ccc(NCCOC)cc1)NCC.I. The number of rotatable bonds is 12. The lowest BCUT2D eigenvalue weighted by atomic mass is 10.1. The molecule has 3 N–H and O–H groups in total. The quantitative estimate of drug-likeness (QED) is 0.181. The van der Waals surface area contributed by atoms with Crippen LogP contribution in [0.2, 0.25) is 0 Å². The van der Waals surface area contributed by atoms with Crippen molar-refractivity contribution in [3.63, 3.8) is 0 Å². The van der Waals surface area contributed by atoms with E-state index in [9.17, 15) is 0 Å². The van der Waals surface area contributed by atoms with Crippen molar-refractivity contribution in [1.29, 1.82) is 0 Å². The summed E-state index contributed by atoms with van der Waals surface area (Å²) >= 11 is 0. The number of benzene rings is 1. The third-order valence-electron chi connectivity index (χ3n) is 3.98. The Morgan fingerprint density at radius 3 is 2.50 bits per heavy atom. The van der Waals surface area contributed by atoms with Crippen LogP contribution < -0.4 is 16.0 Å². The molecule has 0 fully saturated rings. The van der Waals surface area contributed by atoms with Crippen LogP contribution in [0.1, 0.15) is 52.0 Å². The summed E-state index contributed by atoms with van der Waals surface area (Å²) in [5.41, 5.74) is 2.31. The first-order chi connectivity index (χ1) is 12.2. The Balaban J connectivity index is 0.00000625. The molecule has 0 aliphatic heterocycles. The third-order valence-corrected chi connectivity index (χ3v) is 3.98. The van der Waals surface area contributed by atoms with Gasteiger partial charge in [-0.2, -0.15) is 0 Å². The fraction of sp³-hybridized carbons (Fsp3) is 0.650. The van der Waals surface area contributed by atoms with E-state index >= 15 is 0 Å². The molecular formula is C20H37IN4O. The van der Waals surface area contributed by atoms with E-state index in [4.69, 9.17) is 9.73 Å². The lowest BCUT2D eigenvalue weighted by Crippen LogP contribution is -2.42. The van der Waals surface area contributed by atoms with Crippen molar-refractivity contribution in [2.24, 2.45) is 4.99 Å². The summed E-state index contributed by atoms with van der Waals surface area (Å²) in [6.07, 6.45) is 5.00. The van der Waals surface area contributed by atoms with Gasteiger partial charge in [-0.05, 0) is 38.0 Å². The van der Waals surface area contributed by atoms with Gasteiger partial charge < -0.3 is 20.7 Å². The number of ether oxygens (including phenoxy) is 1. The number of hydrogen-bond donors (Lipinski definition) is 3. The van der Waals surface area contributed by atoms with Gasteiger partial charge in [-0.15, -0.1) is 24.0 Å². The molecule has 0 saturated carbocycles. The third kappa shape index (κ3) is 11.6. The number of anilines is 1. The zero-order valence-electron chi connectivity index (χ0n) is 16.8. The van der Waals surface area contributed by atoms with Crippen LogP contribution in [0.5, 0.6) is 0 Å². The molecule has 5 nitrogen and oxygen atoms in total. The maximum atomic E-state index is 5.04. The van der Waals surface area contributed by atoms with E-state index in [-0.39, 0.29) is 24.0 Å². The average Bonchev–Trinajstić information content (AvgIpc) is 2.61. The van der Waals surface area contributed by atoms with E-state index in [0.29, 0.717) is 19.2 Å². The molecule has 0 heterocycles. The first-order valence-electron chi connectivity index (χ1n) is 9.56. The van der Waals surface area contributed by atoms with E-state index in [2.05, 4.69) is 61.0 Å². The molecule has 0 spiro atoms. The maximum absolute atomic E-state index is 5.04. The van der Waals surface area contributed by atoms with Gasteiger partial charge in [0.15, 0.2) is 5.96 Å². The van der Waals surface area contributed by atoms with Crippen LogP contribution in [0, 0.1) is 0 Å². The van der Waals surface area contributed by atoms with Gasteiger partial charge >= 0.3 is 0 Å². The number of nitrogens with one attached hydrogen (secondary N) is 3. The molecule has 6 heteroatoms. The van der Waals surface area contributed by atoms with Crippen molar-refractivity contribution in [2.75, 3.05) is 32.1 Å². The van der Waals surface area contributed by atoms with Crippen LogP contribution >= 0.6 is 24.0 Å². The van der Waals surface area contributed by atoms with Gasteiger partial charge in [0.05, 0.1) is 13.2 Å². The van der Waals surface area contributed by atoms with E-state index < -0.39 is 0 Å². The minimum atomic E-state index is 0. The Kier molecular flexibility index (Phi) is 15.5. The molecule has 0 saturated heterocycles. The zero-order valence-corrected chi connectivity index (χ0v) is 19.1. The molecule has 0 radical (unpaired) electrons. The van der Waals surface area contributed by atoms with E-state index in [1.54, 1.807) is 7.11 Å². The van der Waals surface area contributed by atoms with Gasteiger partial charge in [-0.3, -0.25) is 0 Å². The van der Waals surface area contributed by atoms with Gasteiger partial charge in [0.25, 0.3) is 0 Å². The van der Waals surface area contributed by atoms with E-state index in [1.807, 2.05) is 0 Å². The molecule has 0 bridgehead atoms. The molecule has 1 unspecified atom stereocenters. The number of guanidine groups is 1. The first-order valence-corrected chi connectivity index (χ1v) is 9.56. The van der Waals surface area contributed by atoms with Crippen molar-refractivity contribution < 1.29 is 4.74 Å². The summed E-state index contributed by atoms with van der Waals surface area (Å²) < 4.78 is 5.04. The van der Waals surface area contributed by atoms with Crippen molar-refractivity contribution >= 4 is 35.6 Å². The lowest BCUT2D eigenvalue weighted by Gasteiger charge is -2.17. The number of halogens is 1. The number of nitrogens with zero attached hydrogens (tertiary/aromatic N) is 1. The van der Waals surface area contributed by atoms with Gasteiger partial charge in [0, 0.05) is 31.9 Å². The highest BCUT2D eigenvalue weighted by Crippen LogP contribution is 2.10. The number of hydrogen-bond acceptors (Lipinski definition) is 3. The van der Waals surface area contributed by atoms with E-state index in [1.165, 1.54) is 31.2 Å². The van der Waals surface area contributed by atoms with Crippen molar-refractivity contribution in [2.45, 2.75) is 59.0 Å². The monoisotopic (exact) mass is 476 g/mol. The minimum absolute atomic E-state index is 0. The summed E-state index contributed by atoms with van der Waals surface area (Å²) in [7, 11) is 1.71. The summed E-state index contributed by atoms with van der Waals surface area (Å²) in [6, 6.07) is 8.86. The largest absolute Gasteiger partial charge is 0.383 e. The maximum Gasteiger partial charge on any atom is 0.191 e. The number of unbranched alkanes of at least 4 members (excludes halogenated alkanes) is 2. The van der Waals surface area contributed by atoms with Gasteiger partial charge in [-0.25, -0.2) is 4.99 Å². The normalized spacial score (nSPS) is 12.2. The molecule has 1 rings (SSSR count). The highest BCUT2D eigenvalue weighted by atomic mass is 127. The molecule has 26 heavy (non-hydrogen) atoms. The van der Waals surface area contributed by atoms with Gasteiger partial charge in [0.1, 0.15) is 0 Å². The number of aliphatic imine (C=N–C) groups is 1. The Morgan fingerprint density at radius 1 is 1.15 bits per heavy atom. The van der Waals surface area contributed by atoms with Crippen LogP contribution in [0.25, 0.3) is 0 Å². The molecule has 0 aromatic heterocycles.